The number of amides is 1. The molecule has 6 heteroatoms. The normalized spacial score (nSPS) is 10.6. The summed E-state index contributed by atoms with van der Waals surface area (Å²) >= 11 is 0. The number of nitrogen functional groups attached to an aromatic ring is 1. The van der Waals surface area contributed by atoms with Crippen molar-refractivity contribution in [2.24, 2.45) is 5.92 Å². The second kappa shape index (κ2) is 6.36. The molecule has 19 heavy (non-hydrogen) atoms. The molecule has 3 N–H and O–H groups in total. The van der Waals surface area contributed by atoms with Crippen LogP contribution in [0.2, 0.25) is 0 Å². The van der Waals surface area contributed by atoms with Gasteiger partial charge in [-0.2, -0.15) is 0 Å². The lowest BCUT2D eigenvalue weighted by atomic mass is 10.2. The van der Waals surface area contributed by atoms with Crippen LogP contribution in [0.25, 0.3) is 0 Å². The van der Waals surface area contributed by atoms with Gasteiger partial charge in [0, 0.05) is 19.2 Å². The highest BCUT2D eigenvalue weighted by molar-refractivity contribution is 5.81. The van der Waals surface area contributed by atoms with Gasteiger partial charge in [-0.1, -0.05) is 13.8 Å². The molecule has 1 aromatic heterocycles. The summed E-state index contributed by atoms with van der Waals surface area (Å²) in [4.78, 5) is 22.0. The number of aryl methyl sites for hydroxylation is 1. The summed E-state index contributed by atoms with van der Waals surface area (Å²) in [6.45, 7) is 8.68. The van der Waals surface area contributed by atoms with E-state index in [1.54, 1.807) is 11.8 Å². The lowest BCUT2D eigenvalue weighted by molar-refractivity contribution is -0.119. The summed E-state index contributed by atoms with van der Waals surface area (Å²) in [5, 5.41) is 2.88. The van der Waals surface area contributed by atoms with Gasteiger partial charge in [0.15, 0.2) is 0 Å². The molecule has 1 amide bonds. The van der Waals surface area contributed by atoms with Crippen molar-refractivity contribution in [1.29, 1.82) is 0 Å². The quantitative estimate of drug-likeness (QED) is 0.825. The average Bonchev–Trinajstić information content (AvgIpc) is 2.31. The number of hydrogen-bond acceptors (Lipinski definition) is 5. The van der Waals surface area contributed by atoms with Crippen LogP contribution in [-0.2, 0) is 4.79 Å². The fourth-order valence-corrected chi connectivity index (χ4v) is 1.67. The van der Waals surface area contributed by atoms with Gasteiger partial charge in [0.2, 0.25) is 5.91 Å². The fourth-order valence-electron chi connectivity index (χ4n) is 1.67. The molecular weight excluding hydrogens is 242 g/mol. The zero-order chi connectivity index (χ0) is 14.6. The number of aromatic nitrogens is 2. The lowest BCUT2D eigenvalue weighted by Gasteiger charge is -2.21. The number of nitrogens with zero attached hydrogens (tertiary/aromatic N) is 3. The maximum Gasteiger partial charge on any atom is 0.239 e. The van der Waals surface area contributed by atoms with E-state index in [9.17, 15) is 4.79 Å². The maximum atomic E-state index is 11.8. The summed E-state index contributed by atoms with van der Waals surface area (Å²) in [5.41, 5.74) is 6.61. The molecule has 0 aliphatic rings. The van der Waals surface area contributed by atoms with E-state index in [1.807, 2.05) is 14.0 Å². The highest BCUT2D eigenvalue weighted by Crippen LogP contribution is 2.19. The number of rotatable bonds is 5. The molecule has 0 saturated heterocycles. The first-order valence-electron chi connectivity index (χ1n) is 6.39. The van der Waals surface area contributed by atoms with E-state index in [0.717, 1.165) is 5.56 Å². The topological polar surface area (TPSA) is 84.1 Å². The molecule has 0 saturated carbocycles. The first kappa shape index (κ1) is 15.2. The van der Waals surface area contributed by atoms with Crippen LogP contribution in [0.15, 0.2) is 0 Å². The number of nitrogens with one attached hydrogen (secondary N) is 1. The Labute approximate surface area is 114 Å². The number of likely N-dealkylation sites (N-methyl/N-ethyl adjacent to an activating group) is 1. The third-order valence-corrected chi connectivity index (χ3v) is 2.72. The SMILES string of the molecule is Cc1nc(N)c(C)c(N(C)CC(=O)NCC(C)C)n1. The van der Waals surface area contributed by atoms with E-state index in [4.69, 9.17) is 5.73 Å². The molecular formula is C13H23N5O. The first-order chi connectivity index (χ1) is 8.81. The van der Waals surface area contributed by atoms with Gasteiger partial charge < -0.3 is 16.0 Å². The molecule has 0 bridgehead atoms. The molecule has 0 radical (unpaired) electrons. The van der Waals surface area contributed by atoms with E-state index in [1.165, 1.54) is 0 Å². The van der Waals surface area contributed by atoms with Crippen LogP contribution in [0, 0.1) is 19.8 Å². The van der Waals surface area contributed by atoms with Crippen LogP contribution in [0.4, 0.5) is 11.6 Å². The van der Waals surface area contributed by atoms with Gasteiger partial charge in [-0.15, -0.1) is 0 Å². The van der Waals surface area contributed by atoms with Crippen molar-refractivity contribution in [3.8, 4) is 0 Å². The second-order valence-electron chi connectivity index (χ2n) is 5.16. The van der Waals surface area contributed by atoms with Crippen LogP contribution >= 0.6 is 0 Å². The van der Waals surface area contributed by atoms with Crippen molar-refractivity contribution < 1.29 is 4.79 Å². The monoisotopic (exact) mass is 265 g/mol. The Kier molecular flexibility index (Phi) is 5.09. The van der Waals surface area contributed by atoms with Crippen LogP contribution in [0.1, 0.15) is 25.2 Å². The lowest BCUT2D eigenvalue weighted by Crippen LogP contribution is -2.37. The molecule has 1 rings (SSSR count). The first-order valence-corrected chi connectivity index (χ1v) is 6.39. The fraction of sp³-hybridized carbons (Fsp3) is 0.615. The maximum absolute atomic E-state index is 11.8. The Hall–Kier alpha value is -1.85. The van der Waals surface area contributed by atoms with E-state index in [-0.39, 0.29) is 12.5 Å². The molecule has 1 heterocycles. The number of carbonyl (C=O) groups is 1. The number of anilines is 2. The molecule has 0 fully saturated rings. The number of nitrogens with two attached hydrogens (primary N) is 1. The predicted molar refractivity (Wildman–Crippen MR) is 77.0 cm³/mol. The number of hydrogen-bond donors (Lipinski definition) is 2. The predicted octanol–water partition coefficient (Wildman–Crippen LogP) is 0.884. The Morgan fingerprint density at radius 3 is 2.58 bits per heavy atom. The highest BCUT2D eigenvalue weighted by atomic mass is 16.2. The van der Waals surface area contributed by atoms with Gasteiger partial charge in [-0.25, -0.2) is 9.97 Å². The summed E-state index contributed by atoms with van der Waals surface area (Å²) < 4.78 is 0. The molecule has 0 spiro atoms. The molecule has 0 aliphatic carbocycles. The van der Waals surface area contributed by atoms with Gasteiger partial charge in [0.05, 0.1) is 6.54 Å². The van der Waals surface area contributed by atoms with Gasteiger partial charge >= 0.3 is 0 Å². The third-order valence-electron chi connectivity index (χ3n) is 2.72. The van der Waals surface area contributed by atoms with Crippen molar-refractivity contribution in [3.05, 3.63) is 11.4 Å². The van der Waals surface area contributed by atoms with Crippen LogP contribution in [0.5, 0.6) is 0 Å². The van der Waals surface area contributed by atoms with E-state index in [0.29, 0.717) is 29.9 Å². The standard InChI is InChI=1S/C13H23N5O/c1-8(2)6-15-11(19)7-18(5)13-9(3)12(14)16-10(4)17-13/h8H,6-7H2,1-5H3,(H,15,19)(H2,14,16,17). The van der Waals surface area contributed by atoms with Gasteiger partial charge in [-0.05, 0) is 19.8 Å². The molecule has 0 atom stereocenters. The van der Waals surface area contributed by atoms with Crippen molar-refractivity contribution in [2.75, 3.05) is 30.8 Å². The number of carbonyl (C=O) groups excluding carboxylic acids is 1. The molecule has 0 unspecified atom stereocenters. The molecule has 6 nitrogen and oxygen atoms in total. The average molecular weight is 265 g/mol. The minimum atomic E-state index is -0.0227. The van der Waals surface area contributed by atoms with Crippen molar-refractivity contribution >= 4 is 17.5 Å². The van der Waals surface area contributed by atoms with Crippen LogP contribution in [0.3, 0.4) is 0 Å². The van der Waals surface area contributed by atoms with Crippen LogP contribution in [-0.4, -0.2) is 36.0 Å². The zero-order valence-corrected chi connectivity index (χ0v) is 12.3. The van der Waals surface area contributed by atoms with Crippen molar-refractivity contribution in [1.82, 2.24) is 15.3 Å². The smallest absolute Gasteiger partial charge is 0.239 e. The van der Waals surface area contributed by atoms with E-state index < -0.39 is 0 Å². The summed E-state index contributed by atoms with van der Waals surface area (Å²) in [6.07, 6.45) is 0. The van der Waals surface area contributed by atoms with E-state index >= 15 is 0 Å². The van der Waals surface area contributed by atoms with Crippen molar-refractivity contribution in [3.63, 3.8) is 0 Å². The largest absolute Gasteiger partial charge is 0.383 e. The third kappa shape index (κ3) is 4.39. The molecule has 0 aliphatic heterocycles. The van der Waals surface area contributed by atoms with Crippen molar-refractivity contribution in [2.45, 2.75) is 27.7 Å². The molecule has 0 aromatic carbocycles. The Balaban J connectivity index is 2.73. The van der Waals surface area contributed by atoms with E-state index in [2.05, 4.69) is 29.1 Å². The summed E-state index contributed by atoms with van der Waals surface area (Å²) in [5.74, 6) is 2.17. The Morgan fingerprint density at radius 2 is 2.00 bits per heavy atom. The summed E-state index contributed by atoms with van der Waals surface area (Å²) in [7, 11) is 1.82. The minimum absolute atomic E-state index is 0.0227. The second-order valence-corrected chi connectivity index (χ2v) is 5.16. The molecule has 106 valence electrons. The molecule has 1 aromatic rings. The van der Waals surface area contributed by atoms with Crippen LogP contribution < -0.4 is 16.0 Å². The summed E-state index contributed by atoms with van der Waals surface area (Å²) in [6, 6.07) is 0. The highest BCUT2D eigenvalue weighted by Gasteiger charge is 2.14. The Morgan fingerprint density at radius 1 is 1.37 bits per heavy atom. The zero-order valence-electron chi connectivity index (χ0n) is 12.3. The van der Waals surface area contributed by atoms with Gasteiger partial charge in [0.1, 0.15) is 17.5 Å². The van der Waals surface area contributed by atoms with Gasteiger partial charge in [0.25, 0.3) is 0 Å². The minimum Gasteiger partial charge on any atom is -0.383 e. The Bertz CT molecular complexity index is 459. The van der Waals surface area contributed by atoms with Gasteiger partial charge in [-0.3, -0.25) is 4.79 Å².